The molecule has 1 saturated heterocycles. The molecular weight excluding hydrogens is 290 g/mol. The van der Waals surface area contributed by atoms with Crippen LogP contribution in [0.1, 0.15) is 32.3 Å². The maximum absolute atomic E-state index is 12.7. The summed E-state index contributed by atoms with van der Waals surface area (Å²) >= 11 is 0. The van der Waals surface area contributed by atoms with Crippen LogP contribution in [0.3, 0.4) is 0 Å². The number of hydrogen-bond acceptors (Lipinski definition) is 3. The fourth-order valence-electron chi connectivity index (χ4n) is 2.81. The molecule has 21 heavy (non-hydrogen) atoms. The summed E-state index contributed by atoms with van der Waals surface area (Å²) in [6.07, 6.45) is 1.95. The number of benzene rings is 1. The van der Waals surface area contributed by atoms with Crippen LogP contribution in [-0.2, 0) is 21.2 Å². The SMILES string of the molecule is CCc1ccc(S(=O)(=O)N2CCC[C@H](C(=O)O)[C@@H]2C)cc1. The third kappa shape index (κ3) is 3.11. The van der Waals surface area contributed by atoms with Gasteiger partial charge in [-0.3, -0.25) is 4.79 Å². The molecule has 0 bridgehead atoms. The van der Waals surface area contributed by atoms with Gasteiger partial charge in [0, 0.05) is 12.6 Å². The average molecular weight is 311 g/mol. The maximum Gasteiger partial charge on any atom is 0.308 e. The third-order valence-electron chi connectivity index (χ3n) is 4.19. The van der Waals surface area contributed by atoms with Gasteiger partial charge in [-0.05, 0) is 43.9 Å². The highest BCUT2D eigenvalue weighted by molar-refractivity contribution is 7.89. The van der Waals surface area contributed by atoms with E-state index < -0.39 is 28.0 Å². The number of sulfonamides is 1. The third-order valence-corrected chi connectivity index (χ3v) is 6.19. The lowest BCUT2D eigenvalue weighted by Gasteiger charge is -2.36. The van der Waals surface area contributed by atoms with Crippen molar-refractivity contribution < 1.29 is 18.3 Å². The van der Waals surface area contributed by atoms with Crippen molar-refractivity contribution in [2.24, 2.45) is 5.92 Å². The highest BCUT2D eigenvalue weighted by atomic mass is 32.2. The first-order chi connectivity index (χ1) is 9.87. The molecule has 1 aliphatic heterocycles. The Labute approximate surface area is 125 Å². The highest BCUT2D eigenvalue weighted by Crippen LogP contribution is 2.29. The molecule has 1 N–H and O–H groups in total. The zero-order chi connectivity index (χ0) is 15.6. The molecule has 2 rings (SSSR count). The topological polar surface area (TPSA) is 74.7 Å². The summed E-state index contributed by atoms with van der Waals surface area (Å²) in [5.41, 5.74) is 1.07. The molecule has 0 unspecified atom stereocenters. The lowest BCUT2D eigenvalue weighted by molar-refractivity contribution is -0.144. The Hall–Kier alpha value is -1.40. The molecule has 0 aliphatic carbocycles. The Morgan fingerprint density at radius 2 is 1.95 bits per heavy atom. The van der Waals surface area contributed by atoms with Crippen molar-refractivity contribution in [3.63, 3.8) is 0 Å². The number of carbonyl (C=O) groups is 1. The molecule has 1 aromatic rings. The number of aliphatic carboxylic acids is 1. The number of nitrogens with zero attached hydrogens (tertiary/aromatic N) is 1. The Bertz CT molecular complexity index is 609. The van der Waals surface area contributed by atoms with E-state index in [1.54, 1.807) is 31.2 Å². The van der Waals surface area contributed by atoms with Crippen LogP contribution in [-0.4, -0.2) is 36.4 Å². The van der Waals surface area contributed by atoms with Crippen molar-refractivity contribution in [3.05, 3.63) is 29.8 Å². The standard InChI is InChI=1S/C15H21NO4S/c1-3-12-6-8-13(9-7-12)21(19,20)16-10-4-5-14(11(16)2)15(17)18/h6-9,11,14H,3-5,10H2,1-2H3,(H,17,18)/t11-,14-/m0/s1. The van der Waals surface area contributed by atoms with Crippen molar-refractivity contribution in [2.45, 2.75) is 44.0 Å². The molecule has 1 fully saturated rings. The molecule has 1 heterocycles. The van der Waals surface area contributed by atoms with Gasteiger partial charge in [0.1, 0.15) is 0 Å². The normalized spacial score (nSPS) is 23.9. The van der Waals surface area contributed by atoms with Gasteiger partial charge >= 0.3 is 5.97 Å². The van der Waals surface area contributed by atoms with Crippen molar-refractivity contribution in [2.75, 3.05) is 6.54 Å². The monoisotopic (exact) mass is 311 g/mol. The van der Waals surface area contributed by atoms with Gasteiger partial charge in [-0.2, -0.15) is 4.31 Å². The predicted molar refractivity (Wildman–Crippen MR) is 79.5 cm³/mol. The van der Waals surface area contributed by atoms with Gasteiger partial charge in [0.25, 0.3) is 0 Å². The van der Waals surface area contributed by atoms with E-state index in [-0.39, 0.29) is 4.90 Å². The molecule has 116 valence electrons. The van der Waals surface area contributed by atoms with Gasteiger partial charge in [0.15, 0.2) is 0 Å². The summed E-state index contributed by atoms with van der Waals surface area (Å²) in [5, 5.41) is 9.21. The number of aryl methyl sites for hydroxylation is 1. The van der Waals surface area contributed by atoms with Crippen LogP contribution in [0.25, 0.3) is 0 Å². The van der Waals surface area contributed by atoms with Gasteiger partial charge in [0.05, 0.1) is 10.8 Å². The van der Waals surface area contributed by atoms with E-state index in [0.29, 0.717) is 19.4 Å². The molecule has 5 nitrogen and oxygen atoms in total. The zero-order valence-corrected chi connectivity index (χ0v) is 13.1. The summed E-state index contributed by atoms with van der Waals surface area (Å²) < 4.78 is 26.7. The molecule has 0 radical (unpaired) electrons. The first kappa shape index (κ1) is 16.0. The van der Waals surface area contributed by atoms with Crippen molar-refractivity contribution in [1.29, 1.82) is 0 Å². The first-order valence-electron chi connectivity index (χ1n) is 7.21. The molecule has 6 heteroatoms. The summed E-state index contributed by atoms with van der Waals surface area (Å²) in [5.74, 6) is -1.56. The number of carboxylic acid groups (broad SMARTS) is 1. The van der Waals surface area contributed by atoms with Gasteiger partial charge < -0.3 is 5.11 Å². The quantitative estimate of drug-likeness (QED) is 0.924. The maximum atomic E-state index is 12.7. The van der Waals surface area contributed by atoms with Gasteiger partial charge in [-0.25, -0.2) is 8.42 Å². The van der Waals surface area contributed by atoms with E-state index in [9.17, 15) is 18.3 Å². The lowest BCUT2D eigenvalue weighted by atomic mass is 9.92. The average Bonchev–Trinajstić information content (AvgIpc) is 2.47. The molecule has 0 aromatic heterocycles. The molecule has 2 atom stereocenters. The van der Waals surface area contributed by atoms with Crippen molar-refractivity contribution in [1.82, 2.24) is 4.31 Å². The number of rotatable bonds is 4. The van der Waals surface area contributed by atoms with Crippen LogP contribution in [0.5, 0.6) is 0 Å². The summed E-state index contributed by atoms with van der Waals surface area (Å²) in [6, 6.07) is 6.29. The van der Waals surface area contributed by atoms with Crippen molar-refractivity contribution in [3.8, 4) is 0 Å². The minimum atomic E-state index is -3.63. The number of piperidine rings is 1. The lowest BCUT2D eigenvalue weighted by Crippen LogP contribution is -2.48. The van der Waals surface area contributed by atoms with Crippen LogP contribution >= 0.6 is 0 Å². The minimum Gasteiger partial charge on any atom is -0.481 e. The van der Waals surface area contributed by atoms with E-state index in [4.69, 9.17) is 0 Å². The van der Waals surface area contributed by atoms with E-state index in [1.165, 1.54) is 4.31 Å². The fourth-order valence-corrected chi connectivity index (χ4v) is 4.52. The number of hydrogen-bond donors (Lipinski definition) is 1. The van der Waals surface area contributed by atoms with E-state index in [2.05, 4.69) is 0 Å². The molecule has 0 spiro atoms. The van der Waals surface area contributed by atoms with Gasteiger partial charge in [-0.15, -0.1) is 0 Å². The largest absolute Gasteiger partial charge is 0.481 e. The zero-order valence-electron chi connectivity index (χ0n) is 12.3. The molecule has 1 aromatic carbocycles. The summed E-state index contributed by atoms with van der Waals surface area (Å²) in [6.45, 7) is 4.06. The Morgan fingerprint density at radius 3 is 2.48 bits per heavy atom. The summed E-state index contributed by atoms with van der Waals surface area (Å²) in [7, 11) is -3.63. The Kier molecular flexibility index (Phi) is 4.68. The van der Waals surface area contributed by atoms with Gasteiger partial charge in [0.2, 0.25) is 10.0 Å². The van der Waals surface area contributed by atoms with Crippen molar-refractivity contribution >= 4 is 16.0 Å². The smallest absolute Gasteiger partial charge is 0.308 e. The predicted octanol–water partition coefficient (Wildman–Crippen LogP) is 2.12. The van der Waals surface area contributed by atoms with Crippen LogP contribution in [0.2, 0.25) is 0 Å². The van der Waals surface area contributed by atoms with Crippen LogP contribution in [0.15, 0.2) is 29.2 Å². The molecule has 0 amide bonds. The second-order valence-corrected chi connectivity index (χ2v) is 7.33. The Balaban J connectivity index is 2.31. The highest BCUT2D eigenvalue weighted by Gasteiger charge is 2.39. The van der Waals surface area contributed by atoms with E-state index in [0.717, 1.165) is 12.0 Å². The second-order valence-electron chi connectivity index (χ2n) is 5.44. The van der Waals surface area contributed by atoms with Crippen LogP contribution < -0.4 is 0 Å². The fraction of sp³-hybridized carbons (Fsp3) is 0.533. The van der Waals surface area contributed by atoms with E-state index in [1.807, 2.05) is 6.92 Å². The van der Waals surface area contributed by atoms with E-state index >= 15 is 0 Å². The molecule has 0 saturated carbocycles. The minimum absolute atomic E-state index is 0.234. The molecular formula is C15H21NO4S. The molecule has 1 aliphatic rings. The van der Waals surface area contributed by atoms with Gasteiger partial charge in [-0.1, -0.05) is 19.1 Å². The summed E-state index contributed by atoms with van der Waals surface area (Å²) in [4.78, 5) is 11.5. The van der Waals surface area contributed by atoms with Crippen LogP contribution in [0, 0.1) is 5.92 Å². The number of carboxylic acids is 1. The first-order valence-corrected chi connectivity index (χ1v) is 8.65. The second kappa shape index (κ2) is 6.15. The van der Waals surface area contributed by atoms with Crippen LogP contribution in [0.4, 0.5) is 0 Å². The Morgan fingerprint density at radius 1 is 1.33 bits per heavy atom.